The van der Waals surface area contributed by atoms with Crippen molar-refractivity contribution in [3.05, 3.63) is 51.1 Å². The molecule has 2 aromatic heterocycles. The van der Waals surface area contributed by atoms with Gasteiger partial charge in [-0.15, -0.1) is 0 Å². The van der Waals surface area contributed by atoms with E-state index in [9.17, 15) is 26.7 Å². The summed E-state index contributed by atoms with van der Waals surface area (Å²) in [5, 5.41) is 3.63. The van der Waals surface area contributed by atoms with Crippen LogP contribution in [0.4, 0.5) is 22.0 Å². The molecule has 0 atom stereocenters. The van der Waals surface area contributed by atoms with Gasteiger partial charge < -0.3 is 4.98 Å². The van der Waals surface area contributed by atoms with E-state index in [0.717, 1.165) is 10.9 Å². The largest absolute Gasteiger partial charge is 0.461 e. The maximum Gasteiger partial charge on any atom is 0.461 e. The van der Waals surface area contributed by atoms with Crippen LogP contribution < -0.4 is 5.56 Å². The minimum atomic E-state index is -5.89. The lowest BCUT2D eigenvalue weighted by Crippen LogP contribution is -2.37. The van der Waals surface area contributed by atoms with Gasteiger partial charge in [-0.05, 0) is 18.2 Å². The maximum absolute atomic E-state index is 13.5. The van der Waals surface area contributed by atoms with Crippen molar-refractivity contribution in [3.8, 4) is 5.69 Å². The van der Waals surface area contributed by atoms with Gasteiger partial charge in [0.15, 0.2) is 11.5 Å². The van der Waals surface area contributed by atoms with Gasteiger partial charge in [-0.2, -0.15) is 27.1 Å². The van der Waals surface area contributed by atoms with E-state index in [2.05, 4.69) is 26.0 Å². The summed E-state index contributed by atoms with van der Waals surface area (Å²) >= 11 is 3.20. The van der Waals surface area contributed by atoms with Crippen molar-refractivity contribution in [3.63, 3.8) is 0 Å². The minimum absolute atomic E-state index is 0.211. The normalized spacial score (nSPS) is 12.8. The Morgan fingerprint density at radius 2 is 1.88 bits per heavy atom. The van der Waals surface area contributed by atoms with Crippen LogP contribution in [0.1, 0.15) is 5.82 Å². The fourth-order valence-corrected chi connectivity index (χ4v) is 2.39. The molecule has 0 saturated heterocycles. The summed E-state index contributed by atoms with van der Waals surface area (Å²) in [7, 11) is 0. The molecule has 0 radical (unpaired) electrons. The van der Waals surface area contributed by atoms with E-state index in [1.165, 1.54) is 17.1 Å². The highest BCUT2D eigenvalue weighted by Crippen LogP contribution is 2.42. The van der Waals surface area contributed by atoms with Gasteiger partial charge >= 0.3 is 12.1 Å². The summed E-state index contributed by atoms with van der Waals surface area (Å²) in [5.74, 6) is -7.09. The number of H-pyrrole nitrogens is 1. The Hall–Kier alpha value is -2.30. The summed E-state index contributed by atoms with van der Waals surface area (Å²) < 4.78 is 66.1. The average Bonchev–Trinajstić information content (AvgIpc) is 2.90. The van der Waals surface area contributed by atoms with Crippen molar-refractivity contribution in [2.75, 3.05) is 0 Å². The second-order valence-electron chi connectivity index (χ2n) is 4.76. The Balaban J connectivity index is 2.28. The summed E-state index contributed by atoms with van der Waals surface area (Å²) in [6.07, 6.45) is -4.85. The molecule has 3 rings (SSSR count). The Bertz CT molecular complexity index is 978. The molecule has 11 heteroatoms. The maximum atomic E-state index is 13.5. The second-order valence-corrected chi connectivity index (χ2v) is 5.68. The molecule has 3 aromatic rings. The first kappa shape index (κ1) is 16.6. The minimum Gasteiger partial charge on any atom is -0.304 e. The number of hydrogen-bond acceptors (Lipinski definition) is 3. The van der Waals surface area contributed by atoms with Gasteiger partial charge in [0.05, 0.1) is 11.9 Å². The summed E-state index contributed by atoms with van der Waals surface area (Å²) in [6, 6.07) is 6.35. The van der Waals surface area contributed by atoms with Crippen molar-refractivity contribution < 1.29 is 22.0 Å². The van der Waals surface area contributed by atoms with E-state index in [1.54, 1.807) is 12.1 Å². The third-order valence-corrected chi connectivity index (χ3v) is 3.64. The van der Waals surface area contributed by atoms with Crippen LogP contribution in [0.15, 0.2) is 39.7 Å². The van der Waals surface area contributed by atoms with Gasteiger partial charge in [0, 0.05) is 4.47 Å². The van der Waals surface area contributed by atoms with E-state index in [0.29, 0.717) is 10.2 Å². The van der Waals surface area contributed by atoms with Crippen molar-refractivity contribution in [2.24, 2.45) is 0 Å². The van der Waals surface area contributed by atoms with Crippen molar-refractivity contribution in [1.29, 1.82) is 0 Å². The van der Waals surface area contributed by atoms with Crippen molar-refractivity contribution >= 4 is 27.0 Å². The molecule has 126 valence electrons. The zero-order chi connectivity index (χ0) is 17.7. The van der Waals surface area contributed by atoms with Gasteiger partial charge in [0.25, 0.3) is 5.56 Å². The molecule has 0 aliphatic carbocycles. The van der Waals surface area contributed by atoms with Gasteiger partial charge in [0.1, 0.15) is 5.39 Å². The fourth-order valence-electron chi connectivity index (χ4n) is 2.00. The molecule has 0 unspecified atom stereocenters. The van der Waals surface area contributed by atoms with Crippen LogP contribution in [0.3, 0.4) is 0 Å². The first-order valence-electron chi connectivity index (χ1n) is 6.30. The molecular weight excluding hydrogens is 403 g/mol. The molecule has 1 aromatic carbocycles. The SMILES string of the molecule is O=c1[nH]c(C(F)(F)C(F)(F)F)nc2c1cnn2-c1cccc(Br)c1. The van der Waals surface area contributed by atoms with E-state index in [4.69, 9.17) is 0 Å². The first-order chi connectivity index (χ1) is 11.1. The predicted octanol–water partition coefficient (Wildman–Crippen LogP) is 3.53. The van der Waals surface area contributed by atoms with Crippen LogP contribution in [0.25, 0.3) is 16.7 Å². The number of aromatic amines is 1. The molecule has 0 aliphatic rings. The zero-order valence-electron chi connectivity index (χ0n) is 11.4. The lowest BCUT2D eigenvalue weighted by atomic mass is 10.3. The molecule has 0 amide bonds. The van der Waals surface area contributed by atoms with Crippen molar-refractivity contribution in [1.82, 2.24) is 19.7 Å². The molecule has 0 aliphatic heterocycles. The Morgan fingerprint density at radius 3 is 2.50 bits per heavy atom. The standard InChI is InChI=1S/C13H6BrF5N4O/c14-6-2-1-3-7(4-6)23-9-8(5-20-23)10(24)22-11(21-9)12(15,16)13(17,18)19/h1-5H,(H,21,22,24). The topological polar surface area (TPSA) is 63.6 Å². The molecule has 0 saturated carbocycles. The molecule has 0 fully saturated rings. The highest BCUT2D eigenvalue weighted by Gasteiger charge is 2.61. The molecule has 2 heterocycles. The molecule has 24 heavy (non-hydrogen) atoms. The smallest absolute Gasteiger partial charge is 0.304 e. The molecule has 1 N–H and O–H groups in total. The number of halogens is 6. The van der Waals surface area contributed by atoms with Gasteiger partial charge in [-0.25, -0.2) is 9.67 Å². The van der Waals surface area contributed by atoms with Crippen LogP contribution in [0.5, 0.6) is 0 Å². The van der Waals surface area contributed by atoms with E-state index in [-0.39, 0.29) is 5.39 Å². The lowest BCUT2D eigenvalue weighted by Gasteiger charge is -2.18. The number of fused-ring (bicyclic) bond motifs is 1. The fraction of sp³-hybridized carbons (Fsp3) is 0.154. The second kappa shape index (κ2) is 5.36. The van der Waals surface area contributed by atoms with Crippen molar-refractivity contribution in [2.45, 2.75) is 12.1 Å². The Kier molecular flexibility index (Phi) is 3.70. The first-order valence-corrected chi connectivity index (χ1v) is 7.09. The summed E-state index contributed by atoms with van der Waals surface area (Å²) in [5.41, 5.74) is -1.21. The number of alkyl halides is 5. The van der Waals surface area contributed by atoms with Crippen LogP contribution in [0.2, 0.25) is 0 Å². The lowest BCUT2D eigenvalue weighted by molar-refractivity contribution is -0.292. The number of nitrogens with one attached hydrogen (secondary N) is 1. The van der Waals surface area contributed by atoms with Gasteiger partial charge in [-0.1, -0.05) is 22.0 Å². The monoisotopic (exact) mass is 408 g/mol. The molecule has 0 spiro atoms. The summed E-state index contributed by atoms with van der Waals surface area (Å²) in [4.78, 5) is 16.6. The third kappa shape index (κ3) is 2.58. The molecule has 0 bridgehead atoms. The molecule has 5 nitrogen and oxygen atoms in total. The summed E-state index contributed by atoms with van der Waals surface area (Å²) in [6.45, 7) is 0. The molecular formula is C13H6BrF5N4O. The van der Waals surface area contributed by atoms with E-state index < -0.39 is 29.1 Å². The number of hydrogen-bond donors (Lipinski definition) is 1. The van der Waals surface area contributed by atoms with Gasteiger partial charge in [-0.3, -0.25) is 4.79 Å². The quantitative estimate of drug-likeness (QED) is 0.659. The highest BCUT2D eigenvalue weighted by molar-refractivity contribution is 9.10. The van der Waals surface area contributed by atoms with Crippen LogP contribution >= 0.6 is 15.9 Å². The van der Waals surface area contributed by atoms with E-state index >= 15 is 0 Å². The number of aromatic nitrogens is 4. The Morgan fingerprint density at radius 1 is 1.17 bits per heavy atom. The number of nitrogens with zero attached hydrogens (tertiary/aromatic N) is 3. The van der Waals surface area contributed by atoms with Gasteiger partial charge in [0.2, 0.25) is 0 Å². The Labute approximate surface area is 138 Å². The van der Waals surface area contributed by atoms with Crippen LogP contribution in [0, 0.1) is 0 Å². The van der Waals surface area contributed by atoms with Crippen LogP contribution in [-0.4, -0.2) is 25.9 Å². The zero-order valence-corrected chi connectivity index (χ0v) is 13.0. The number of rotatable bonds is 2. The predicted molar refractivity (Wildman–Crippen MR) is 77.1 cm³/mol. The van der Waals surface area contributed by atoms with E-state index in [1.807, 2.05) is 0 Å². The number of benzene rings is 1. The van der Waals surface area contributed by atoms with Crippen LogP contribution in [-0.2, 0) is 5.92 Å². The average molecular weight is 409 g/mol. The third-order valence-electron chi connectivity index (χ3n) is 3.14. The highest BCUT2D eigenvalue weighted by atomic mass is 79.9.